The number of benzene rings is 1. The second kappa shape index (κ2) is 5.97. The molecular weight excluding hydrogens is 304 g/mol. The molecule has 1 aromatic rings. The molecule has 0 bridgehead atoms. The summed E-state index contributed by atoms with van der Waals surface area (Å²) in [5.41, 5.74) is -1.24. The molecule has 1 N–H and O–H groups in total. The van der Waals surface area contributed by atoms with E-state index in [0.717, 1.165) is 17.1 Å². The van der Waals surface area contributed by atoms with E-state index >= 15 is 0 Å². The van der Waals surface area contributed by atoms with Gasteiger partial charge in [0.2, 0.25) is 0 Å². The van der Waals surface area contributed by atoms with Crippen LogP contribution in [-0.4, -0.2) is 29.8 Å². The highest BCUT2D eigenvalue weighted by atomic mass is 79.9. The summed E-state index contributed by atoms with van der Waals surface area (Å²) in [7, 11) is 1.12. The van der Waals surface area contributed by atoms with Crippen LogP contribution >= 0.6 is 15.9 Å². The van der Waals surface area contributed by atoms with E-state index in [4.69, 9.17) is 9.84 Å². The first-order valence-electron chi connectivity index (χ1n) is 5.10. The Morgan fingerprint density at radius 2 is 1.89 bits per heavy atom. The topological polar surface area (TPSA) is 72.8 Å². The average Bonchev–Trinajstić information content (AvgIpc) is 2.36. The molecule has 0 aliphatic carbocycles. The molecule has 1 aromatic carbocycles. The Labute approximate surface area is 113 Å². The average molecular weight is 317 g/mol. The van der Waals surface area contributed by atoms with Gasteiger partial charge in [-0.05, 0) is 24.6 Å². The Bertz CT molecular complexity index is 442. The van der Waals surface area contributed by atoms with Gasteiger partial charge in [0, 0.05) is 4.47 Å². The van der Waals surface area contributed by atoms with E-state index in [1.54, 1.807) is 24.3 Å². The van der Waals surface area contributed by atoms with Gasteiger partial charge >= 0.3 is 11.9 Å². The number of carboxylic acid groups (broad SMARTS) is 1. The lowest BCUT2D eigenvalue weighted by Gasteiger charge is -2.22. The molecule has 0 aromatic heterocycles. The monoisotopic (exact) mass is 316 g/mol. The van der Waals surface area contributed by atoms with E-state index in [0.29, 0.717) is 0 Å². The summed E-state index contributed by atoms with van der Waals surface area (Å²) in [4.78, 5) is 22.5. The van der Waals surface area contributed by atoms with Crippen LogP contribution in [-0.2, 0) is 25.7 Å². The molecule has 6 heteroatoms. The fourth-order valence-corrected chi connectivity index (χ4v) is 1.48. The van der Waals surface area contributed by atoms with Gasteiger partial charge in [-0.3, -0.25) is 0 Å². The Morgan fingerprint density at radius 1 is 1.33 bits per heavy atom. The third kappa shape index (κ3) is 3.30. The van der Waals surface area contributed by atoms with Crippen LogP contribution in [0.1, 0.15) is 12.5 Å². The van der Waals surface area contributed by atoms with Gasteiger partial charge in [0.15, 0.2) is 0 Å². The second-order valence-corrected chi connectivity index (χ2v) is 4.66. The molecule has 1 unspecified atom stereocenters. The zero-order valence-corrected chi connectivity index (χ0v) is 11.6. The molecule has 0 amide bonds. The lowest BCUT2D eigenvalue weighted by Crippen LogP contribution is -2.47. The van der Waals surface area contributed by atoms with Gasteiger partial charge in [-0.2, -0.15) is 0 Å². The second-order valence-electron chi connectivity index (χ2n) is 3.75. The van der Waals surface area contributed by atoms with Crippen molar-refractivity contribution in [2.75, 3.05) is 7.11 Å². The van der Waals surface area contributed by atoms with Crippen molar-refractivity contribution in [3.63, 3.8) is 0 Å². The number of esters is 1. The molecule has 1 rings (SSSR count). The third-order valence-corrected chi connectivity index (χ3v) is 2.95. The summed E-state index contributed by atoms with van der Waals surface area (Å²) in [5.74, 6) is -2.32. The Kier molecular flexibility index (Phi) is 4.86. The summed E-state index contributed by atoms with van der Waals surface area (Å²) in [5, 5.41) is 9.02. The maximum absolute atomic E-state index is 11.4. The molecule has 0 radical (unpaired) electrons. The number of hydrogen-bond donors (Lipinski definition) is 1. The molecule has 1 atom stereocenters. The molecule has 0 saturated heterocycles. The van der Waals surface area contributed by atoms with E-state index in [9.17, 15) is 9.59 Å². The SMILES string of the molecule is COC(=O)C(C)(OCc1ccc(Br)cc1)C(=O)O. The Balaban J connectivity index is 2.77. The highest BCUT2D eigenvalue weighted by Crippen LogP contribution is 2.17. The number of carbonyl (C=O) groups excluding carboxylic acids is 1. The number of carbonyl (C=O) groups is 2. The van der Waals surface area contributed by atoms with Gasteiger partial charge in [0.05, 0.1) is 13.7 Å². The molecule has 18 heavy (non-hydrogen) atoms. The third-order valence-electron chi connectivity index (χ3n) is 2.42. The number of hydrogen-bond acceptors (Lipinski definition) is 4. The van der Waals surface area contributed by atoms with Crippen molar-refractivity contribution in [1.29, 1.82) is 0 Å². The van der Waals surface area contributed by atoms with Gasteiger partial charge in [0.1, 0.15) is 0 Å². The Morgan fingerprint density at radius 3 is 2.33 bits per heavy atom. The van der Waals surface area contributed by atoms with E-state index in [-0.39, 0.29) is 6.61 Å². The van der Waals surface area contributed by atoms with Crippen molar-refractivity contribution >= 4 is 27.9 Å². The lowest BCUT2D eigenvalue weighted by atomic mass is 10.1. The summed E-state index contributed by atoms with van der Waals surface area (Å²) in [6, 6.07) is 7.14. The lowest BCUT2D eigenvalue weighted by molar-refractivity contribution is -0.184. The first-order valence-corrected chi connectivity index (χ1v) is 5.89. The fraction of sp³-hybridized carbons (Fsp3) is 0.333. The molecule has 98 valence electrons. The molecule has 0 aliphatic rings. The molecule has 0 aliphatic heterocycles. The minimum Gasteiger partial charge on any atom is -0.479 e. The van der Waals surface area contributed by atoms with Gasteiger partial charge in [0.25, 0.3) is 5.60 Å². The summed E-state index contributed by atoms with van der Waals surface area (Å²) in [6.07, 6.45) is 0. The van der Waals surface area contributed by atoms with Gasteiger partial charge < -0.3 is 14.6 Å². The van der Waals surface area contributed by atoms with Crippen molar-refractivity contribution in [3.8, 4) is 0 Å². The maximum atomic E-state index is 11.4. The van der Waals surface area contributed by atoms with Crippen LogP contribution in [0.15, 0.2) is 28.7 Å². The van der Waals surface area contributed by atoms with Gasteiger partial charge in [-0.1, -0.05) is 28.1 Å². The van der Waals surface area contributed by atoms with Crippen LogP contribution < -0.4 is 0 Å². The van der Waals surface area contributed by atoms with Crippen LogP contribution in [0.3, 0.4) is 0 Å². The van der Waals surface area contributed by atoms with Crippen molar-refractivity contribution in [1.82, 2.24) is 0 Å². The van der Waals surface area contributed by atoms with E-state index < -0.39 is 17.5 Å². The maximum Gasteiger partial charge on any atom is 0.349 e. The van der Waals surface area contributed by atoms with Gasteiger partial charge in [-0.15, -0.1) is 0 Å². The summed E-state index contributed by atoms with van der Waals surface area (Å²) >= 11 is 3.28. The minimum absolute atomic E-state index is 0.00514. The molecule has 5 nitrogen and oxygen atoms in total. The number of methoxy groups -OCH3 is 1. The summed E-state index contributed by atoms with van der Waals surface area (Å²) < 4.78 is 10.5. The van der Waals surface area contributed by atoms with Crippen LogP contribution in [0.4, 0.5) is 0 Å². The minimum atomic E-state index is -2.00. The van der Waals surface area contributed by atoms with Crippen LogP contribution in [0, 0.1) is 0 Å². The smallest absolute Gasteiger partial charge is 0.349 e. The fourth-order valence-electron chi connectivity index (χ4n) is 1.21. The molecule has 0 spiro atoms. The zero-order valence-electron chi connectivity index (χ0n) is 9.97. The molecular formula is C12H13BrO5. The Hall–Kier alpha value is -1.40. The molecule has 0 heterocycles. The number of halogens is 1. The largest absolute Gasteiger partial charge is 0.479 e. The number of carboxylic acids is 1. The summed E-state index contributed by atoms with van der Waals surface area (Å²) in [6.45, 7) is 1.17. The molecule has 0 fully saturated rings. The quantitative estimate of drug-likeness (QED) is 0.664. The molecule has 0 saturated carbocycles. The standard InChI is InChI=1S/C12H13BrO5/c1-12(10(14)15,11(16)17-2)18-7-8-3-5-9(13)6-4-8/h3-6H,7H2,1-2H3,(H,14,15). The van der Waals surface area contributed by atoms with Crippen molar-refractivity contribution in [2.24, 2.45) is 0 Å². The van der Waals surface area contributed by atoms with E-state index in [2.05, 4.69) is 20.7 Å². The number of ether oxygens (including phenoxy) is 2. The van der Waals surface area contributed by atoms with Crippen molar-refractivity contribution < 1.29 is 24.2 Å². The highest BCUT2D eigenvalue weighted by molar-refractivity contribution is 9.10. The van der Waals surface area contributed by atoms with Crippen LogP contribution in [0.5, 0.6) is 0 Å². The van der Waals surface area contributed by atoms with Crippen molar-refractivity contribution in [2.45, 2.75) is 19.1 Å². The van der Waals surface area contributed by atoms with Gasteiger partial charge in [-0.25, -0.2) is 9.59 Å². The van der Waals surface area contributed by atoms with E-state index in [1.165, 1.54) is 6.92 Å². The van der Waals surface area contributed by atoms with E-state index in [1.807, 2.05) is 0 Å². The highest BCUT2D eigenvalue weighted by Gasteiger charge is 2.44. The number of rotatable bonds is 5. The predicted molar refractivity (Wildman–Crippen MR) is 67.0 cm³/mol. The zero-order chi connectivity index (χ0) is 13.8. The van der Waals surface area contributed by atoms with Crippen LogP contribution in [0.25, 0.3) is 0 Å². The predicted octanol–water partition coefficient (Wildman–Crippen LogP) is 1.98. The number of aliphatic carboxylic acids is 1. The first kappa shape index (κ1) is 14.7. The first-order chi connectivity index (χ1) is 8.40. The normalized spacial score (nSPS) is 13.7. The van der Waals surface area contributed by atoms with Crippen LogP contribution in [0.2, 0.25) is 0 Å². The van der Waals surface area contributed by atoms with Crippen molar-refractivity contribution in [3.05, 3.63) is 34.3 Å².